The summed E-state index contributed by atoms with van der Waals surface area (Å²) in [5.74, 6) is -4.41. The molecule has 0 aliphatic heterocycles. The van der Waals surface area contributed by atoms with Crippen molar-refractivity contribution in [3.05, 3.63) is 204 Å². The van der Waals surface area contributed by atoms with Crippen LogP contribution in [0.3, 0.4) is 0 Å². The number of aliphatic hydroxyl groups is 4. The summed E-state index contributed by atoms with van der Waals surface area (Å²) in [4.78, 5) is 49.8. The zero-order valence-electron chi connectivity index (χ0n) is 47.4. The van der Waals surface area contributed by atoms with Crippen molar-refractivity contribution in [2.24, 2.45) is 0 Å². The number of carbonyl (C=O) groups is 4. The molecule has 0 bridgehead atoms. The third-order valence-electron chi connectivity index (χ3n) is 13.8. The molecule has 0 unspecified atom stereocenters. The van der Waals surface area contributed by atoms with Gasteiger partial charge in [0.1, 0.15) is 11.6 Å². The maximum Gasteiger partial charge on any atom is 2.00 e. The third kappa shape index (κ3) is 18.3. The molecule has 6 aromatic carbocycles. The van der Waals surface area contributed by atoms with Crippen LogP contribution in [0.1, 0.15) is 110 Å². The Balaban J connectivity index is 0.000000300. The summed E-state index contributed by atoms with van der Waals surface area (Å²) >= 11 is 0. The second kappa shape index (κ2) is 32.8. The van der Waals surface area contributed by atoms with Crippen molar-refractivity contribution >= 4 is 100 Å². The van der Waals surface area contributed by atoms with Crippen LogP contribution in [0.2, 0.25) is 0 Å². The number of nitrogens with zero attached hydrogens (tertiary/aromatic N) is 2. The quantitative estimate of drug-likeness (QED) is 0.0314. The number of carbonyl (C=O) groups excluding carboxylic acids is 4. The molecule has 8 aromatic rings. The Morgan fingerprint density at radius 1 is 0.452 bits per heavy atom. The van der Waals surface area contributed by atoms with Crippen molar-refractivity contribution in [1.82, 2.24) is 9.13 Å². The first kappa shape index (κ1) is 68.4. The van der Waals surface area contributed by atoms with Gasteiger partial charge in [0.2, 0.25) is 0 Å². The van der Waals surface area contributed by atoms with E-state index in [1.54, 1.807) is 48.5 Å². The largest absolute Gasteiger partial charge is 2.00 e. The van der Waals surface area contributed by atoms with E-state index in [4.69, 9.17) is 0 Å². The predicted octanol–water partition coefficient (Wildman–Crippen LogP) is 9.20. The Kier molecular flexibility index (Phi) is 26.7. The Bertz CT molecular complexity index is 3180. The van der Waals surface area contributed by atoms with E-state index < -0.39 is 60.8 Å². The molecule has 0 saturated carbocycles. The molecule has 0 aliphatic carbocycles. The Morgan fingerprint density at radius 2 is 0.750 bits per heavy atom. The van der Waals surface area contributed by atoms with Gasteiger partial charge in [-0.3, -0.25) is 9.59 Å². The van der Waals surface area contributed by atoms with Crippen molar-refractivity contribution in [2.75, 3.05) is 10.6 Å². The number of amides is 2. The van der Waals surface area contributed by atoms with Gasteiger partial charge in [-0.15, -0.1) is 0 Å². The van der Waals surface area contributed by atoms with Crippen LogP contribution in [-0.4, -0.2) is 143 Å². The van der Waals surface area contributed by atoms with Gasteiger partial charge in [0.15, 0.2) is 0 Å². The van der Waals surface area contributed by atoms with Gasteiger partial charge in [-0.2, -0.15) is 0 Å². The maximum atomic E-state index is 14.0. The molecule has 432 valence electrons. The first-order chi connectivity index (χ1) is 39.3. The van der Waals surface area contributed by atoms with E-state index in [9.17, 15) is 58.6 Å². The molecule has 2 amide bonds. The van der Waals surface area contributed by atoms with Gasteiger partial charge >= 0.3 is 37.7 Å². The minimum atomic E-state index is -1.39. The van der Waals surface area contributed by atoms with Gasteiger partial charge in [-0.25, -0.2) is 8.78 Å². The van der Waals surface area contributed by atoms with E-state index in [-0.39, 0.29) is 127 Å². The molecule has 18 heteroatoms. The molecule has 4 radical (unpaired) electrons. The van der Waals surface area contributed by atoms with Crippen LogP contribution in [0.25, 0.3) is 44.8 Å². The van der Waals surface area contributed by atoms with Gasteiger partial charge in [0.25, 0.3) is 11.8 Å². The molecule has 0 fully saturated rings. The molecule has 84 heavy (non-hydrogen) atoms. The first-order valence-corrected chi connectivity index (χ1v) is 27.3. The van der Waals surface area contributed by atoms with Crippen LogP contribution in [0.4, 0.5) is 20.2 Å². The fourth-order valence-electron chi connectivity index (χ4n) is 10.4. The van der Waals surface area contributed by atoms with Gasteiger partial charge < -0.3 is 60.0 Å². The zero-order valence-corrected chi connectivity index (χ0v) is 53.5. The minimum absolute atomic E-state index is 0. The van der Waals surface area contributed by atoms with Crippen LogP contribution < -0.4 is 20.8 Å². The Morgan fingerprint density at radius 3 is 1.04 bits per heavy atom. The van der Waals surface area contributed by atoms with Crippen LogP contribution in [0, 0.1) is 11.6 Å². The maximum absolute atomic E-state index is 14.0. The number of aliphatic hydroxyl groups excluding tert-OH is 4. The number of carboxylic acids is 2. The number of carboxylic acid groups (broad SMARTS) is 2. The van der Waals surface area contributed by atoms with E-state index in [0.717, 1.165) is 22.5 Å². The summed E-state index contributed by atoms with van der Waals surface area (Å²) in [6.07, 6.45) is -5.54. The molecule has 2 aromatic heterocycles. The van der Waals surface area contributed by atoms with E-state index in [2.05, 4.69) is 10.6 Å². The molecular weight excluding hydrogens is 1290 g/mol. The smallest absolute Gasteiger partial charge is 0.550 e. The molecule has 0 spiro atoms. The average molecular weight is 1360 g/mol. The number of nitrogens with one attached hydrogen (secondary N) is 2. The number of anilines is 2. The molecule has 8 rings (SSSR count). The fourth-order valence-corrected chi connectivity index (χ4v) is 10.4. The fraction of sp³-hybridized carbons (Fsp3) is 0.273. The Labute approximate surface area is 538 Å². The standard InChI is InChI=1S/2C33H35FN2O5.Ca.Pb/c2*1-21(2)31-30(33(41)35-25-11-7-4-8-12-25)29(22-9-5-3-6-10-22)32(23-13-15-24(34)16-14-23)36(31)18-17-26(37)19-27(38)20-28(39)40;;/h2*3-16,21,26-27,37-38H,17-20H2,1-2H3,(H,35,41)(H,39,40);;/q;;+2;/p-2/t2*26-,27-;;/m11../s1. The summed E-state index contributed by atoms with van der Waals surface area (Å²) in [5.41, 5.74) is 9.43. The van der Waals surface area contributed by atoms with E-state index in [0.29, 0.717) is 56.1 Å². The number of rotatable bonds is 24. The molecular formula is C66H68CaF2N4O10Pb. The van der Waals surface area contributed by atoms with Crippen molar-refractivity contribution in [2.45, 2.75) is 116 Å². The van der Waals surface area contributed by atoms with Crippen LogP contribution in [0.15, 0.2) is 170 Å². The topological polar surface area (TPSA) is 229 Å². The van der Waals surface area contributed by atoms with Crippen molar-refractivity contribution in [1.29, 1.82) is 0 Å². The number of aromatic nitrogens is 2. The van der Waals surface area contributed by atoms with E-state index in [1.165, 1.54) is 24.3 Å². The van der Waals surface area contributed by atoms with Crippen LogP contribution in [0.5, 0.6) is 0 Å². The van der Waals surface area contributed by atoms with Crippen LogP contribution in [-0.2, 0) is 22.7 Å². The second-order valence-corrected chi connectivity index (χ2v) is 20.8. The molecule has 4 atom stereocenters. The summed E-state index contributed by atoms with van der Waals surface area (Å²) in [6, 6.07) is 49.4. The number of benzene rings is 6. The SMILES string of the molecule is CC(C)c1c(C(=O)Nc2ccccc2)c(-c2ccccc2)c(-c2ccc(F)cc2)n1CC[C@@H](O)C[C@@H](O)CC(=O)[O-].CC(C)c1c(C(=O)Nc2ccccc2)c(-c2ccccc2)c(-c2ccc(F)cc2)n1CC[C@@H](O)C[C@@H](O)CC(=O)[O-].[Ca+2].[Pb]. The number of para-hydroxylation sites is 2. The molecule has 14 nitrogen and oxygen atoms in total. The second-order valence-electron chi connectivity index (χ2n) is 20.8. The average Bonchev–Trinajstić information content (AvgIpc) is 2.49. The van der Waals surface area contributed by atoms with E-state index >= 15 is 0 Å². The molecule has 2 heterocycles. The third-order valence-corrected chi connectivity index (χ3v) is 13.8. The number of halogens is 2. The number of hydrogen-bond acceptors (Lipinski definition) is 10. The monoisotopic (exact) mass is 1360 g/mol. The summed E-state index contributed by atoms with van der Waals surface area (Å²) in [5, 5.41) is 69.2. The zero-order chi connectivity index (χ0) is 59.0. The van der Waals surface area contributed by atoms with Gasteiger partial charge in [0.05, 0.1) is 46.9 Å². The number of aliphatic carboxylic acids is 2. The normalized spacial score (nSPS) is 12.4. The predicted molar refractivity (Wildman–Crippen MR) is 321 cm³/mol. The summed E-state index contributed by atoms with van der Waals surface area (Å²) in [6.45, 7) is 8.45. The summed E-state index contributed by atoms with van der Waals surface area (Å²) in [7, 11) is 0. The minimum Gasteiger partial charge on any atom is -0.550 e. The Hall–Kier alpha value is -6.36. The van der Waals surface area contributed by atoms with Gasteiger partial charge in [-0.05, 0) is 133 Å². The molecule has 6 N–H and O–H groups in total. The van der Waals surface area contributed by atoms with Crippen molar-refractivity contribution in [3.8, 4) is 44.8 Å². The van der Waals surface area contributed by atoms with Crippen LogP contribution >= 0.6 is 0 Å². The van der Waals surface area contributed by atoms with Crippen molar-refractivity contribution < 1.29 is 58.6 Å². The molecule has 0 aliphatic rings. The van der Waals surface area contributed by atoms with Crippen molar-refractivity contribution in [3.63, 3.8) is 0 Å². The summed E-state index contributed by atoms with van der Waals surface area (Å²) < 4.78 is 32.0. The molecule has 0 saturated heterocycles. The first-order valence-electron chi connectivity index (χ1n) is 27.3. The van der Waals surface area contributed by atoms with E-state index in [1.807, 2.05) is 134 Å². The van der Waals surface area contributed by atoms with Gasteiger partial charge in [-0.1, -0.05) is 125 Å². The van der Waals surface area contributed by atoms with Gasteiger partial charge in [0, 0.05) is 99.1 Å². The number of hydrogen-bond donors (Lipinski definition) is 6.